The average Bonchev–Trinajstić information content (AvgIpc) is 2.52. The van der Waals surface area contributed by atoms with Crippen LogP contribution in [0.2, 0.25) is 0 Å². The second-order valence-electron chi connectivity index (χ2n) is 6.18. The van der Waals surface area contributed by atoms with Gasteiger partial charge in [-0.05, 0) is 32.4 Å². The number of aromatic hydroxyl groups is 1. The molecule has 0 atom stereocenters. The third kappa shape index (κ3) is 2.57. The van der Waals surface area contributed by atoms with Crippen LogP contribution < -0.4 is 0 Å². The van der Waals surface area contributed by atoms with Crippen molar-refractivity contribution in [1.29, 1.82) is 0 Å². The van der Waals surface area contributed by atoms with Gasteiger partial charge in [0.1, 0.15) is 0 Å². The van der Waals surface area contributed by atoms with E-state index in [0.29, 0.717) is 11.4 Å². The number of nitrogens with zero attached hydrogens (tertiary/aromatic N) is 2. The van der Waals surface area contributed by atoms with Gasteiger partial charge in [0.15, 0.2) is 5.75 Å². The Hall–Kier alpha value is -3.36. The molecule has 0 aromatic heterocycles. The van der Waals surface area contributed by atoms with Gasteiger partial charge in [-0.1, -0.05) is 6.07 Å². The third-order valence-corrected chi connectivity index (χ3v) is 4.91. The quantitative estimate of drug-likeness (QED) is 0.547. The van der Waals surface area contributed by atoms with Crippen LogP contribution in [0.4, 0.5) is 5.69 Å². The zero-order valence-corrected chi connectivity index (χ0v) is 14.6. The standard InChI is InChI=1S/C17H18N2O7/c1-8-13(15(21)22)17(3,14(16(23)24)9(2)18(8)4)10-5-6-12(20)11(7-10)19(25)26/h5-7,20H,1-4H3,(H,21,22)(H,23,24). The number of carbonyl (C=O) groups is 2. The Morgan fingerprint density at radius 3 is 1.96 bits per heavy atom. The van der Waals surface area contributed by atoms with Gasteiger partial charge < -0.3 is 20.2 Å². The van der Waals surface area contributed by atoms with Crippen molar-refractivity contribution in [3.05, 3.63) is 56.4 Å². The minimum absolute atomic E-state index is 0.0867. The molecule has 3 N–H and O–H groups in total. The molecule has 1 aliphatic heterocycles. The number of rotatable bonds is 4. The lowest BCUT2D eigenvalue weighted by Crippen LogP contribution is -2.43. The molecule has 0 saturated carbocycles. The van der Waals surface area contributed by atoms with E-state index in [9.17, 15) is 35.0 Å². The van der Waals surface area contributed by atoms with Crippen molar-refractivity contribution in [2.24, 2.45) is 0 Å². The van der Waals surface area contributed by atoms with Crippen LogP contribution in [0, 0.1) is 10.1 Å². The molecule has 0 unspecified atom stereocenters. The molecule has 1 heterocycles. The minimum Gasteiger partial charge on any atom is -0.502 e. The van der Waals surface area contributed by atoms with Crippen LogP contribution in [0.1, 0.15) is 26.3 Å². The zero-order valence-electron chi connectivity index (χ0n) is 14.6. The van der Waals surface area contributed by atoms with E-state index in [4.69, 9.17) is 0 Å². The molecule has 9 nitrogen and oxygen atoms in total. The molecule has 1 aromatic rings. The molecular formula is C17H18N2O7. The summed E-state index contributed by atoms with van der Waals surface area (Å²) in [4.78, 5) is 35.8. The van der Waals surface area contributed by atoms with Crippen molar-refractivity contribution >= 4 is 17.6 Å². The molecule has 1 aliphatic rings. The lowest BCUT2D eigenvalue weighted by atomic mass is 9.67. The van der Waals surface area contributed by atoms with Gasteiger partial charge in [-0.15, -0.1) is 0 Å². The maximum absolute atomic E-state index is 12.0. The van der Waals surface area contributed by atoms with Gasteiger partial charge in [0.05, 0.1) is 21.5 Å². The third-order valence-electron chi connectivity index (χ3n) is 4.91. The van der Waals surface area contributed by atoms with Crippen LogP contribution in [-0.2, 0) is 15.0 Å². The predicted molar refractivity (Wildman–Crippen MR) is 90.5 cm³/mol. The number of phenolic OH excluding ortho intramolecular Hbond substituents is 1. The maximum atomic E-state index is 12.0. The number of allylic oxidation sites excluding steroid dienone is 2. The number of nitro benzene ring substituents is 1. The highest BCUT2D eigenvalue weighted by molar-refractivity contribution is 6.00. The van der Waals surface area contributed by atoms with Gasteiger partial charge >= 0.3 is 17.6 Å². The van der Waals surface area contributed by atoms with Crippen LogP contribution in [0.25, 0.3) is 0 Å². The fourth-order valence-corrected chi connectivity index (χ4v) is 3.44. The first-order chi connectivity index (χ1) is 11.9. The molecule has 138 valence electrons. The van der Waals surface area contributed by atoms with Gasteiger partial charge in [-0.3, -0.25) is 10.1 Å². The zero-order chi connectivity index (χ0) is 20.0. The van der Waals surface area contributed by atoms with E-state index in [-0.39, 0.29) is 16.7 Å². The van der Waals surface area contributed by atoms with E-state index in [1.807, 2.05) is 0 Å². The first-order valence-corrected chi connectivity index (χ1v) is 7.55. The summed E-state index contributed by atoms with van der Waals surface area (Å²) in [5.41, 5.74) is -1.98. The number of nitro groups is 1. The number of carboxylic acids is 2. The molecule has 26 heavy (non-hydrogen) atoms. The van der Waals surface area contributed by atoms with Crippen molar-refractivity contribution < 1.29 is 29.8 Å². The summed E-state index contributed by atoms with van der Waals surface area (Å²) < 4.78 is 0. The normalized spacial score (nSPS) is 16.7. The first kappa shape index (κ1) is 19.0. The summed E-state index contributed by atoms with van der Waals surface area (Å²) in [6.45, 7) is 4.48. The van der Waals surface area contributed by atoms with E-state index in [1.54, 1.807) is 20.9 Å². The molecule has 9 heteroatoms. The van der Waals surface area contributed by atoms with Gasteiger partial charge in [0.25, 0.3) is 0 Å². The van der Waals surface area contributed by atoms with Crippen molar-refractivity contribution in [2.45, 2.75) is 26.2 Å². The highest BCUT2D eigenvalue weighted by atomic mass is 16.6. The molecule has 0 radical (unpaired) electrons. The van der Waals surface area contributed by atoms with Crippen molar-refractivity contribution in [3.8, 4) is 5.75 Å². The number of phenols is 1. The maximum Gasteiger partial charge on any atom is 0.334 e. The van der Waals surface area contributed by atoms with Crippen LogP contribution in [0.5, 0.6) is 5.75 Å². The van der Waals surface area contributed by atoms with Gasteiger partial charge in [-0.2, -0.15) is 0 Å². The summed E-state index contributed by atoms with van der Waals surface area (Å²) in [5.74, 6) is -3.26. The minimum atomic E-state index is -1.66. The molecule has 0 spiro atoms. The number of hydrogen-bond acceptors (Lipinski definition) is 6. The summed E-state index contributed by atoms with van der Waals surface area (Å²) in [6, 6.07) is 3.35. The molecule has 0 bridgehead atoms. The number of hydrogen-bond donors (Lipinski definition) is 3. The Balaban J connectivity index is 2.95. The van der Waals surface area contributed by atoms with E-state index >= 15 is 0 Å². The molecule has 0 fully saturated rings. The smallest absolute Gasteiger partial charge is 0.334 e. The van der Waals surface area contributed by atoms with Crippen molar-refractivity contribution in [3.63, 3.8) is 0 Å². The van der Waals surface area contributed by atoms with E-state index < -0.39 is 33.7 Å². The largest absolute Gasteiger partial charge is 0.502 e. The van der Waals surface area contributed by atoms with Gasteiger partial charge in [0.2, 0.25) is 0 Å². The topological polar surface area (TPSA) is 141 Å². The highest BCUT2D eigenvalue weighted by Crippen LogP contribution is 2.48. The van der Waals surface area contributed by atoms with Crippen LogP contribution in [-0.4, -0.2) is 44.1 Å². The lowest BCUT2D eigenvalue weighted by Gasteiger charge is -2.41. The SMILES string of the molecule is CC1=C(C(=O)O)C(C)(c2ccc(O)c([N+](=O)[O-])c2)C(C(=O)O)=C(C)N1C. The summed E-state index contributed by atoms with van der Waals surface area (Å²) in [6.07, 6.45) is 0. The van der Waals surface area contributed by atoms with Crippen molar-refractivity contribution in [1.82, 2.24) is 4.90 Å². The molecule has 0 amide bonds. The molecule has 0 saturated heterocycles. The van der Waals surface area contributed by atoms with Crippen LogP contribution in [0.3, 0.4) is 0 Å². The molecule has 2 rings (SSSR count). The van der Waals surface area contributed by atoms with Gasteiger partial charge in [-0.25, -0.2) is 9.59 Å². The van der Waals surface area contributed by atoms with Crippen molar-refractivity contribution in [2.75, 3.05) is 7.05 Å². The average molecular weight is 362 g/mol. The van der Waals surface area contributed by atoms with Crippen LogP contribution in [0.15, 0.2) is 40.7 Å². The second kappa shape index (κ2) is 6.17. The molecule has 0 aliphatic carbocycles. The fourth-order valence-electron chi connectivity index (χ4n) is 3.44. The number of benzene rings is 1. The van der Waals surface area contributed by atoms with Crippen LogP contribution >= 0.6 is 0 Å². The monoisotopic (exact) mass is 362 g/mol. The Labute approximate surface area is 148 Å². The van der Waals surface area contributed by atoms with E-state index in [0.717, 1.165) is 12.1 Å². The summed E-state index contributed by atoms with van der Waals surface area (Å²) >= 11 is 0. The predicted octanol–water partition coefficient (Wildman–Crippen LogP) is 2.22. The summed E-state index contributed by atoms with van der Waals surface area (Å²) in [7, 11) is 1.55. The first-order valence-electron chi connectivity index (χ1n) is 7.55. The van der Waals surface area contributed by atoms with E-state index in [2.05, 4.69) is 0 Å². The number of aliphatic carboxylic acids is 2. The number of carboxylic acid groups (broad SMARTS) is 2. The Morgan fingerprint density at radius 2 is 1.58 bits per heavy atom. The highest BCUT2D eigenvalue weighted by Gasteiger charge is 2.48. The molecule has 1 aromatic carbocycles. The second-order valence-corrected chi connectivity index (χ2v) is 6.18. The summed E-state index contributed by atoms with van der Waals surface area (Å²) in [5, 5.41) is 40.3. The Bertz CT molecular complexity index is 860. The lowest BCUT2D eigenvalue weighted by molar-refractivity contribution is -0.386. The van der Waals surface area contributed by atoms with Gasteiger partial charge in [0, 0.05) is 24.5 Å². The Kier molecular flexibility index (Phi) is 4.51. The Morgan fingerprint density at radius 1 is 1.12 bits per heavy atom. The fraction of sp³-hybridized carbons (Fsp3) is 0.294. The van der Waals surface area contributed by atoms with E-state index in [1.165, 1.54) is 17.9 Å². The molecular weight excluding hydrogens is 344 g/mol.